The van der Waals surface area contributed by atoms with Crippen LogP contribution in [0, 0.1) is 11.8 Å². The minimum Gasteiger partial charge on any atom is -0.299 e. The highest BCUT2D eigenvalue weighted by atomic mass is 19.1. The Balaban J connectivity index is 1.25. The molecule has 1 N–H and O–H groups in total. The molecule has 0 unspecified atom stereocenters. The van der Waals surface area contributed by atoms with E-state index < -0.39 is 11.5 Å². The number of anilines is 1. The molecule has 0 atom stereocenters. The number of nitrogens with zero attached hydrogens (tertiary/aromatic N) is 4. The number of aliphatic imine (C=N–C) groups is 1. The number of hydrogen-bond acceptors (Lipinski definition) is 4. The van der Waals surface area contributed by atoms with Crippen LogP contribution >= 0.6 is 0 Å². The molecule has 2 aliphatic heterocycles. The van der Waals surface area contributed by atoms with Crippen molar-refractivity contribution in [1.82, 2.24) is 15.2 Å². The van der Waals surface area contributed by atoms with Crippen molar-refractivity contribution in [3.05, 3.63) is 84.2 Å². The van der Waals surface area contributed by atoms with Crippen molar-refractivity contribution in [2.75, 3.05) is 18.0 Å². The summed E-state index contributed by atoms with van der Waals surface area (Å²) < 4.78 is 28.5. The van der Waals surface area contributed by atoms with E-state index in [1.54, 1.807) is 29.2 Å². The third kappa shape index (κ3) is 5.17. The fourth-order valence-electron chi connectivity index (χ4n) is 6.34. The smallest absolute Gasteiger partial charge is 0.299 e. The van der Waals surface area contributed by atoms with Crippen LogP contribution in [0.25, 0.3) is 11.1 Å². The van der Waals surface area contributed by atoms with E-state index in [-0.39, 0.29) is 17.9 Å². The number of halogens is 2. The predicted octanol–water partition coefficient (Wildman–Crippen LogP) is 6.32. The van der Waals surface area contributed by atoms with Crippen LogP contribution in [0.2, 0.25) is 0 Å². The number of rotatable bonds is 5. The van der Waals surface area contributed by atoms with E-state index in [4.69, 9.17) is 4.99 Å². The molecular formula is C31H33F2N5O. The normalized spacial score (nSPS) is 21.0. The van der Waals surface area contributed by atoms with Crippen LogP contribution in [0.15, 0.2) is 71.9 Å². The zero-order valence-electron chi connectivity index (χ0n) is 22.0. The van der Waals surface area contributed by atoms with E-state index in [0.29, 0.717) is 30.6 Å². The number of urea groups is 1. The van der Waals surface area contributed by atoms with Gasteiger partial charge in [-0.25, -0.2) is 14.2 Å². The van der Waals surface area contributed by atoms with Gasteiger partial charge in [0.15, 0.2) is 0 Å². The summed E-state index contributed by atoms with van der Waals surface area (Å²) in [4.78, 5) is 26.3. The Morgan fingerprint density at radius 3 is 2.54 bits per heavy atom. The molecule has 6 nitrogen and oxygen atoms in total. The molecule has 3 aliphatic rings. The van der Waals surface area contributed by atoms with Crippen LogP contribution in [-0.2, 0) is 6.54 Å². The topological polar surface area (TPSA) is 60.8 Å². The van der Waals surface area contributed by atoms with Crippen molar-refractivity contribution in [2.24, 2.45) is 4.99 Å². The lowest BCUT2D eigenvalue weighted by atomic mass is 9.84. The number of benzene rings is 2. The third-order valence-electron chi connectivity index (χ3n) is 8.34. The van der Waals surface area contributed by atoms with Crippen LogP contribution < -0.4 is 10.2 Å². The number of nitrogens with one attached hydrogen (secondary N) is 1. The highest BCUT2D eigenvalue weighted by Gasteiger charge is 2.53. The lowest BCUT2D eigenvalue weighted by Gasteiger charge is -2.44. The first-order valence-electron chi connectivity index (χ1n) is 13.9. The second-order valence-electron chi connectivity index (χ2n) is 10.9. The standard InChI is InChI=1S/C31H33F2N5O/c32-24-9-5-12-26(20-24)38-30(39)36-29(35-25-10-2-1-3-11-25)31(38)14-17-37(18-15-31)21-22-7-4-8-23(19-22)27-13-6-16-34-28(27)33/h4-9,12-13,16,19-20,25H,1-3,10-11,14-15,17-18,21H2,(H,35,36,39). The molecule has 3 aromatic rings. The molecule has 2 aromatic carbocycles. The van der Waals surface area contributed by atoms with Crippen molar-refractivity contribution in [1.29, 1.82) is 0 Å². The maximum Gasteiger partial charge on any atom is 0.328 e. The largest absolute Gasteiger partial charge is 0.328 e. The van der Waals surface area contributed by atoms with Gasteiger partial charge in [-0.05, 0) is 73.2 Å². The maximum atomic E-state index is 14.3. The van der Waals surface area contributed by atoms with Crippen LogP contribution in [0.5, 0.6) is 0 Å². The molecule has 2 amide bonds. The number of likely N-dealkylation sites (tertiary alicyclic amines) is 1. The first-order valence-corrected chi connectivity index (χ1v) is 13.9. The molecule has 1 aromatic heterocycles. The highest BCUT2D eigenvalue weighted by molar-refractivity contribution is 6.19. The van der Waals surface area contributed by atoms with Gasteiger partial charge in [0.25, 0.3) is 0 Å². The summed E-state index contributed by atoms with van der Waals surface area (Å²) in [5.74, 6) is -0.108. The lowest BCUT2D eigenvalue weighted by Crippen LogP contribution is -2.57. The molecule has 3 heterocycles. The number of piperidine rings is 1. The van der Waals surface area contributed by atoms with Crippen molar-refractivity contribution in [2.45, 2.75) is 63.1 Å². The summed E-state index contributed by atoms with van der Waals surface area (Å²) in [5.41, 5.74) is 2.31. The maximum absolute atomic E-state index is 14.3. The van der Waals surface area contributed by atoms with Crippen molar-refractivity contribution in [3.63, 3.8) is 0 Å². The number of carbonyl (C=O) groups is 1. The van der Waals surface area contributed by atoms with E-state index in [2.05, 4.69) is 21.3 Å². The van der Waals surface area contributed by atoms with E-state index in [1.807, 2.05) is 18.2 Å². The number of aromatic nitrogens is 1. The first-order chi connectivity index (χ1) is 19.0. The Morgan fingerprint density at radius 2 is 1.77 bits per heavy atom. The van der Waals surface area contributed by atoms with Crippen LogP contribution in [0.1, 0.15) is 50.5 Å². The zero-order valence-corrected chi connectivity index (χ0v) is 22.0. The number of hydrogen-bond donors (Lipinski definition) is 1. The van der Waals surface area contributed by atoms with E-state index in [0.717, 1.165) is 55.7 Å². The zero-order chi connectivity index (χ0) is 26.8. The summed E-state index contributed by atoms with van der Waals surface area (Å²) in [6.45, 7) is 2.20. The predicted molar refractivity (Wildman–Crippen MR) is 149 cm³/mol. The SMILES string of the molecule is O=C1NC(=NC2CCCCC2)C2(CCN(Cc3cccc(-c4cccnc4F)c3)CC2)N1c1cccc(F)c1. The molecule has 0 radical (unpaired) electrons. The Kier molecular flexibility index (Phi) is 7.12. The summed E-state index contributed by atoms with van der Waals surface area (Å²) >= 11 is 0. The fourth-order valence-corrected chi connectivity index (χ4v) is 6.34. The first kappa shape index (κ1) is 25.6. The molecule has 39 heavy (non-hydrogen) atoms. The minimum absolute atomic E-state index is 0.215. The quantitative estimate of drug-likeness (QED) is 0.394. The number of pyridine rings is 1. The summed E-state index contributed by atoms with van der Waals surface area (Å²) in [6.07, 6.45) is 8.45. The summed E-state index contributed by atoms with van der Waals surface area (Å²) in [7, 11) is 0. The molecule has 0 bridgehead atoms. The molecule has 202 valence electrons. The number of carbonyl (C=O) groups excluding carboxylic acids is 1. The second kappa shape index (κ2) is 10.8. The molecule has 2 saturated heterocycles. The molecular weight excluding hydrogens is 496 g/mol. The molecule has 1 saturated carbocycles. The highest BCUT2D eigenvalue weighted by Crippen LogP contribution is 2.39. The molecule has 1 spiro atoms. The van der Waals surface area contributed by atoms with Crippen molar-refractivity contribution >= 4 is 17.6 Å². The van der Waals surface area contributed by atoms with E-state index in [1.165, 1.54) is 24.8 Å². The Labute approximate surface area is 227 Å². The van der Waals surface area contributed by atoms with Crippen molar-refractivity contribution in [3.8, 4) is 11.1 Å². The van der Waals surface area contributed by atoms with E-state index in [9.17, 15) is 13.6 Å². The minimum atomic E-state index is -0.625. The van der Waals surface area contributed by atoms with Crippen LogP contribution in [-0.4, -0.2) is 46.4 Å². The number of amidine groups is 1. The van der Waals surface area contributed by atoms with Gasteiger partial charge in [0.2, 0.25) is 5.95 Å². The molecule has 3 fully saturated rings. The van der Waals surface area contributed by atoms with Crippen LogP contribution in [0.3, 0.4) is 0 Å². The van der Waals surface area contributed by atoms with Gasteiger partial charge in [-0.2, -0.15) is 4.39 Å². The van der Waals surface area contributed by atoms with Gasteiger partial charge in [0.1, 0.15) is 17.2 Å². The number of amides is 2. The van der Waals surface area contributed by atoms with Gasteiger partial charge in [0, 0.05) is 37.1 Å². The lowest BCUT2D eigenvalue weighted by molar-refractivity contribution is 0.184. The average Bonchev–Trinajstić information content (AvgIpc) is 3.21. The average molecular weight is 530 g/mol. The third-order valence-corrected chi connectivity index (χ3v) is 8.34. The summed E-state index contributed by atoms with van der Waals surface area (Å²) in [5, 5.41) is 3.08. The van der Waals surface area contributed by atoms with Gasteiger partial charge >= 0.3 is 6.03 Å². The molecule has 6 rings (SSSR count). The summed E-state index contributed by atoms with van der Waals surface area (Å²) in [6, 6.07) is 17.6. The Morgan fingerprint density at radius 1 is 0.974 bits per heavy atom. The van der Waals surface area contributed by atoms with Crippen molar-refractivity contribution < 1.29 is 13.6 Å². The Bertz CT molecular complexity index is 1380. The van der Waals surface area contributed by atoms with E-state index >= 15 is 0 Å². The van der Waals surface area contributed by atoms with Gasteiger partial charge in [-0.15, -0.1) is 0 Å². The molecule has 8 heteroatoms. The molecule has 1 aliphatic carbocycles. The monoisotopic (exact) mass is 529 g/mol. The Hall–Kier alpha value is -3.65. The fraction of sp³-hybridized carbons (Fsp3) is 0.387. The van der Waals surface area contributed by atoms with Gasteiger partial charge in [0.05, 0.1) is 6.04 Å². The van der Waals surface area contributed by atoms with Gasteiger partial charge < -0.3 is 0 Å². The van der Waals surface area contributed by atoms with Gasteiger partial charge in [-0.1, -0.05) is 43.5 Å². The second-order valence-corrected chi connectivity index (χ2v) is 10.9. The van der Waals surface area contributed by atoms with Gasteiger partial charge in [-0.3, -0.25) is 20.1 Å². The van der Waals surface area contributed by atoms with Crippen LogP contribution in [0.4, 0.5) is 19.3 Å².